The van der Waals surface area contributed by atoms with E-state index in [4.69, 9.17) is 0 Å². The quantitative estimate of drug-likeness (QED) is 0.821. The number of hydrogen-bond acceptors (Lipinski definition) is 5. The van der Waals surface area contributed by atoms with Crippen LogP contribution in [0.4, 0.5) is 4.39 Å². The summed E-state index contributed by atoms with van der Waals surface area (Å²) in [5, 5.41) is 14.7. The number of halogens is 1. The van der Waals surface area contributed by atoms with Gasteiger partial charge in [0.05, 0.1) is 17.3 Å². The van der Waals surface area contributed by atoms with Gasteiger partial charge in [-0.05, 0) is 55.8 Å². The Morgan fingerprint density at radius 1 is 1.22 bits per heavy atom. The first-order valence-corrected chi connectivity index (χ1v) is 8.26. The molecule has 0 radical (unpaired) electrons. The third-order valence-corrected chi connectivity index (χ3v) is 4.38. The number of amides is 1. The van der Waals surface area contributed by atoms with E-state index in [2.05, 4.69) is 20.8 Å². The normalized spacial score (nSPS) is 13.8. The van der Waals surface area contributed by atoms with Crippen molar-refractivity contribution in [2.75, 3.05) is 0 Å². The van der Waals surface area contributed by atoms with Gasteiger partial charge in [-0.25, -0.2) is 9.07 Å². The zero-order valence-electron chi connectivity index (χ0n) is 13.5. The average Bonchev–Trinajstić information content (AvgIpc) is 2.96. The van der Waals surface area contributed by atoms with Gasteiger partial charge in [0, 0.05) is 0 Å². The van der Waals surface area contributed by atoms with Crippen LogP contribution < -0.4 is 5.32 Å². The van der Waals surface area contributed by atoms with Crippen LogP contribution in [-0.2, 0) is 4.79 Å². The fourth-order valence-electron chi connectivity index (χ4n) is 1.96. The van der Waals surface area contributed by atoms with E-state index < -0.39 is 0 Å². The predicted octanol–water partition coefficient (Wildman–Crippen LogP) is 2.75. The Bertz CT molecular complexity index is 658. The predicted molar refractivity (Wildman–Crippen MR) is 86.5 cm³/mol. The van der Waals surface area contributed by atoms with Crippen molar-refractivity contribution in [3.63, 3.8) is 0 Å². The molecular weight excluding hydrogens is 317 g/mol. The van der Waals surface area contributed by atoms with Gasteiger partial charge in [-0.15, -0.1) is 5.10 Å². The molecule has 6 nitrogen and oxygen atoms in total. The standard InChI is InChI=1S/C15H20FN5OS/c1-9(2)21-15(18-19-20-21)23-11(4)14(22)17-10(3)12-5-7-13(16)8-6-12/h5-11H,1-4H3,(H,17,22). The van der Waals surface area contributed by atoms with Crippen molar-refractivity contribution < 1.29 is 9.18 Å². The fourth-order valence-corrected chi connectivity index (χ4v) is 2.89. The molecule has 1 heterocycles. The number of aromatic nitrogens is 4. The molecule has 0 aliphatic rings. The molecule has 0 aliphatic carbocycles. The first kappa shape index (κ1) is 17.4. The second-order valence-electron chi connectivity index (χ2n) is 5.54. The zero-order chi connectivity index (χ0) is 17.0. The maximum Gasteiger partial charge on any atom is 0.233 e. The van der Waals surface area contributed by atoms with E-state index in [0.29, 0.717) is 5.16 Å². The van der Waals surface area contributed by atoms with Gasteiger partial charge in [-0.3, -0.25) is 4.79 Å². The average molecular weight is 337 g/mol. The molecule has 0 aliphatic heterocycles. The first-order valence-electron chi connectivity index (χ1n) is 7.39. The summed E-state index contributed by atoms with van der Waals surface area (Å²) in [5.41, 5.74) is 0.851. The highest BCUT2D eigenvalue weighted by molar-refractivity contribution is 8.00. The van der Waals surface area contributed by atoms with Crippen molar-refractivity contribution >= 4 is 17.7 Å². The maximum absolute atomic E-state index is 12.9. The third kappa shape index (κ3) is 4.51. The molecule has 0 saturated heterocycles. The van der Waals surface area contributed by atoms with Crippen molar-refractivity contribution in [3.05, 3.63) is 35.6 Å². The molecule has 1 aromatic carbocycles. The van der Waals surface area contributed by atoms with Crippen LogP contribution in [0.2, 0.25) is 0 Å². The van der Waals surface area contributed by atoms with Gasteiger partial charge < -0.3 is 5.32 Å². The van der Waals surface area contributed by atoms with Gasteiger partial charge in [0.2, 0.25) is 11.1 Å². The van der Waals surface area contributed by atoms with E-state index in [1.165, 1.54) is 23.9 Å². The second-order valence-corrected chi connectivity index (χ2v) is 6.85. The lowest BCUT2D eigenvalue weighted by atomic mass is 10.1. The van der Waals surface area contributed by atoms with Crippen molar-refractivity contribution in [1.29, 1.82) is 0 Å². The monoisotopic (exact) mass is 337 g/mol. The van der Waals surface area contributed by atoms with Crippen LogP contribution in [0.15, 0.2) is 29.4 Å². The van der Waals surface area contributed by atoms with Crippen LogP contribution in [0, 0.1) is 5.82 Å². The van der Waals surface area contributed by atoms with E-state index in [1.807, 2.05) is 20.8 Å². The molecule has 2 aromatic rings. The Balaban J connectivity index is 1.97. The number of carbonyl (C=O) groups is 1. The first-order chi connectivity index (χ1) is 10.9. The minimum atomic E-state index is -0.346. The second kappa shape index (κ2) is 7.54. The summed E-state index contributed by atoms with van der Waals surface area (Å²) in [5.74, 6) is -0.415. The number of benzene rings is 1. The summed E-state index contributed by atoms with van der Waals surface area (Å²) in [7, 11) is 0. The minimum absolute atomic E-state index is 0.120. The summed E-state index contributed by atoms with van der Waals surface area (Å²) in [4.78, 5) is 12.3. The number of thioether (sulfide) groups is 1. The van der Waals surface area contributed by atoms with Crippen molar-refractivity contribution in [2.45, 2.75) is 50.2 Å². The zero-order valence-corrected chi connectivity index (χ0v) is 14.3. The van der Waals surface area contributed by atoms with Crippen molar-refractivity contribution in [1.82, 2.24) is 25.5 Å². The molecule has 124 valence electrons. The molecule has 23 heavy (non-hydrogen) atoms. The van der Waals surface area contributed by atoms with E-state index in [9.17, 15) is 9.18 Å². The van der Waals surface area contributed by atoms with Gasteiger partial charge in [-0.2, -0.15) is 0 Å². The smallest absolute Gasteiger partial charge is 0.233 e. The van der Waals surface area contributed by atoms with Crippen LogP contribution in [0.3, 0.4) is 0 Å². The van der Waals surface area contributed by atoms with Crippen LogP contribution in [0.1, 0.15) is 45.3 Å². The summed E-state index contributed by atoms with van der Waals surface area (Å²) >= 11 is 1.31. The van der Waals surface area contributed by atoms with Crippen molar-refractivity contribution in [2.24, 2.45) is 0 Å². The SMILES string of the molecule is CC(Sc1nnnn1C(C)C)C(=O)NC(C)c1ccc(F)cc1. The number of carbonyl (C=O) groups excluding carboxylic acids is 1. The minimum Gasteiger partial charge on any atom is -0.349 e. The molecule has 2 rings (SSSR count). The van der Waals surface area contributed by atoms with E-state index >= 15 is 0 Å². The summed E-state index contributed by atoms with van der Waals surface area (Å²) in [6.07, 6.45) is 0. The molecule has 0 bridgehead atoms. The van der Waals surface area contributed by atoms with Crippen LogP contribution >= 0.6 is 11.8 Å². The summed E-state index contributed by atoms with van der Waals surface area (Å²) < 4.78 is 14.6. The molecule has 1 aromatic heterocycles. The summed E-state index contributed by atoms with van der Waals surface area (Å²) in [6.45, 7) is 7.61. The molecule has 2 atom stereocenters. The number of hydrogen-bond donors (Lipinski definition) is 1. The largest absolute Gasteiger partial charge is 0.349 e. The number of nitrogens with one attached hydrogen (secondary N) is 1. The summed E-state index contributed by atoms with van der Waals surface area (Å²) in [6, 6.07) is 6.02. The van der Waals surface area contributed by atoms with E-state index in [1.54, 1.807) is 23.7 Å². The van der Waals surface area contributed by atoms with Gasteiger partial charge in [0.15, 0.2) is 0 Å². The van der Waals surface area contributed by atoms with Gasteiger partial charge >= 0.3 is 0 Å². The number of rotatable bonds is 6. The highest BCUT2D eigenvalue weighted by atomic mass is 32.2. The van der Waals surface area contributed by atoms with E-state index in [-0.39, 0.29) is 29.1 Å². The van der Waals surface area contributed by atoms with Gasteiger partial charge in [-0.1, -0.05) is 23.9 Å². The molecule has 2 unspecified atom stereocenters. The Morgan fingerprint density at radius 2 is 1.87 bits per heavy atom. The van der Waals surface area contributed by atoms with Gasteiger partial charge in [0.25, 0.3) is 0 Å². The van der Waals surface area contributed by atoms with E-state index in [0.717, 1.165) is 5.56 Å². The van der Waals surface area contributed by atoms with Crippen LogP contribution in [0.25, 0.3) is 0 Å². The lowest BCUT2D eigenvalue weighted by Gasteiger charge is -2.17. The molecule has 1 N–H and O–H groups in total. The Kier molecular flexibility index (Phi) is 5.70. The number of nitrogens with zero attached hydrogens (tertiary/aromatic N) is 4. The molecule has 0 spiro atoms. The Morgan fingerprint density at radius 3 is 2.48 bits per heavy atom. The lowest BCUT2D eigenvalue weighted by molar-refractivity contribution is -0.120. The number of tetrazole rings is 1. The highest BCUT2D eigenvalue weighted by Crippen LogP contribution is 2.23. The fraction of sp³-hybridized carbons (Fsp3) is 0.467. The van der Waals surface area contributed by atoms with Crippen molar-refractivity contribution in [3.8, 4) is 0 Å². The molecule has 8 heteroatoms. The highest BCUT2D eigenvalue weighted by Gasteiger charge is 2.21. The molecule has 1 amide bonds. The van der Waals surface area contributed by atoms with Gasteiger partial charge in [0.1, 0.15) is 5.82 Å². The topological polar surface area (TPSA) is 72.7 Å². The van der Waals surface area contributed by atoms with Crippen LogP contribution in [-0.4, -0.2) is 31.4 Å². The lowest BCUT2D eigenvalue weighted by Crippen LogP contribution is -2.33. The maximum atomic E-state index is 12.9. The Hall–Kier alpha value is -1.96. The third-order valence-electron chi connectivity index (χ3n) is 3.33. The Labute approximate surface area is 138 Å². The molecule has 0 saturated carbocycles. The molecule has 0 fully saturated rings. The molecular formula is C15H20FN5OS. The van der Waals surface area contributed by atoms with Crippen LogP contribution in [0.5, 0.6) is 0 Å².